The Morgan fingerprint density at radius 3 is 2.38 bits per heavy atom. The quantitative estimate of drug-likeness (QED) is 0.189. The number of carbonyl (C=O) groups excluding carboxylic acids is 1. The fourth-order valence-electron chi connectivity index (χ4n) is 5.85. The van der Waals surface area contributed by atoms with Crippen LogP contribution in [0.15, 0.2) is 18.2 Å². The van der Waals surface area contributed by atoms with Gasteiger partial charge in [0.05, 0.1) is 32.0 Å². The molecule has 3 rings (SSSR count). The number of epoxide rings is 1. The first kappa shape index (κ1) is 32.6. The Kier molecular flexibility index (Phi) is 12.6. The SMILES string of the molecule is COCCCOc1cc(C[C@@H](C[C@H](N)[C@@H](O)C[C@H](C(=O)N[C@H]2CC[C@@]3(CC2)CO3)C(C)C)C(C)C)ccc1OC. The Morgan fingerprint density at radius 2 is 1.80 bits per heavy atom. The third-order valence-corrected chi connectivity index (χ3v) is 8.92. The lowest BCUT2D eigenvalue weighted by molar-refractivity contribution is -0.128. The van der Waals surface area contributed by atoms with Gasteiger partial charge in [0.2, 0.25) is 5.91 Å². The summed E-state index contributed by atoms with van der Waals surface area (Å²) in [5.41, 5.74) is 7.85. The van der Waals surface area contributed by atoms with Gasteiger partial charge in [0.1, 0.15) is 0 Å². The van der Waals surface area contributed by atoms with E-state index in [0.29, 0.717) is 37.7 Å². The van der Waals surface area contributed by atoms with Crippen molar-refractivity contribution in [3.8, 4) is 11.5 Å². The topological polar surface area (TPSA) is 116 Å². The molecule has 8 nitrogen and oxygen atoms in total. The van der Waals surface area contributed by atoms with Crippen molar-refractivity contribution in [2.24, 2.45) is 29.4 Å². The Hall–Kier alpha value is -1.87. The number of rotatable bonds is 17. The summed E-state index contributed by atoms with van der Waals surface area (Å²) in [5.74, 6) is 1.96. The molecule has 1 saturated carbocycles. The van der Waals surface area contributed by atoms with Gasteiger partial charge >= 0.3 is 0 Å². The van der Waals surface area contributed by atoms with Crippen molar-refractivity contribution in [1.29, 1.82) is 0 Å². The Balaban J connectivity index is 1.56. The molecule has 1 aliphatic heterocycles. The van der Waals surface area contributed by atoms with Crippen LogP contribution in [0.4, 0.5) is 0 Å². The number of aliphatic hydroxyl groups excluding tert-OH is 1. The highest BCUT2D eigenvalue weighted by Gasteiger charge is 2.47. The van der Waals surface area contributed by atoms with E-state index in [4.69, 9.17) is 24.7 Å². The van der Waals surface area contributed by atoms with Gasteiger partial charge in [0.25, 0.3) is 0 Å². The summed E-state index contributed by atoms with van der Waals surface area (Å²) >= 11 is 0. The number of aliphatic hydroxyl groups is 1. The lowest BCUT2D eigenvalue weighted by Crippen LogP contribution is -2.46. The van der Waals surface area contributed by atoms with Gasteiger partial charge in [-0.15, -0.1) is 0 Å². The van der Waals surface area contributed by atoms with Crippen LogP contribution in [0.1, 0.15) is 78.2 Å². The van der Waals surface area contributed by atoms with Crippen LogP contribution in [0.25, 0.3) is 0 Å². The molecular formula is C32H54N2O6. The second-order valence-electron chi connectivity index (χ2n) is 12.7. The molecule has 1 spiro atoms. The van der Waals surface area contributed by atoms with E-state index in [2.05, 4.69) is 25.2 Å². The van der Waals surface area contributed by atoms with E-state index >= 15 is 0 Å². The number of hydrogen-bond acceptors (Lipinski definition) is 7. The van der Waals surface area contributed by atoms with Gasteiger partial charge in [-0.05, 0) is 80.4 Å². The second kappa shape index (κ2) is 15.4. The third kappa shape index (κ3) is 9.61. The van der Waals surface area contributed by atoms with Gasteiger partial charge in [0.15, 0.2) is 11.5 Å². The van der Waals surface area contributed by atoms with Crippen LogP contribution in [0.3, 0.4) is 0 Å². The number of nitrogens with two attached hydrogens (primary N) is 1. The molecule has 2 aliphatic rings. The predicted molar refractivity (Wildman–Crippen MR) is 158 cm³/mol. The van der Waals surface area contributed by atoms with E-state index in [0.717, 1.165) is 56.4 Å². The maximum Gasteiger partial charge on any atom is 0.223 e. The molecule has 0 bridgehead atoms. The van der Waals surface area contributed by atoms with E-state index in [1.54, 1.807) is 14.2 Å². The molecular weight excluding hydrogens is 508 g/mol. The van der Waals surface area contributed by atoms with Crippen molar-refractivity contribution >= 4 is 5.91 Å². The van der Waals surface area contributed by atoms with Crippen molar-refractivity contribution in [3.05, 3.63) is 23.8 Å². The van der Waals surface area contributed by atoms with Gasteiger partial charge in [-0.3, -0.25) is 4.79 Å². The fourth-order valence-corrected chi connectivity index (χ4v) is 5.85. The summed E-state index contributed by atoms with van der Waals surface area (Å²) in [7, 11) is 3.33. The van der Waals surface area contributed by atoms with Crippen molar-refractivity contribution in [2.45, 2.75) is 103 Å². The molecule has 4 atom stereocenters. The van der Waals surface area contributed by atoms with E-state index in [1.165, 1.54) is 0 Å². The van der Waals surface area contributed by atoms with E-state index in [-0.39, 0.29) is 35.3 Å². The summed E-state index contributed by atoms with van der Waals surface area (Å²) in [4.78, 5) is 13.2. The largest absolute Gasteiger partial charge is 0.493 e. The Labute approximate surface area is 241 Å². The normalized spacial score (nSPS) is 23.6. The standard InChI is InChI=1S/C32H54N2O6/c1-21(2)24(16-23-8-9-29(38-6)30(17-23)39-15-7-14-37-5)18-27(33)28(35)19-26(22(3)4)31(36)34-25-10-12-32(13-11-25)20-40-32/h8-9,17,21-22,24-28,35H,7,10-16,18-20,33H2,1-6H3,(H,34,36)/t24-,25-,26-,27-,28-,32+/m0/s1. The van der Waals surface area contributed by atoms with Gasteiger partial charge in [0, 0.05) is 38.1 Å². The number of benzene rings is 1. The molecule has 1 aliphatic carbocycles. The van der Waals surface area contributed by atoms with Crippen LogP contribution in [-0.4, -0.2) is 68.8 Å². The van der Waals surface area contributed by atoms with Crippen LogP contribution in [0, 0.1) is 23.7 Å². The molecule has 228 valence electrons. The number of amides is 1. The molecule has 1 amide bonds. The van der Waals surface area contributed by atoms with E-state index in [1.807, 2.05) is 26.0 Å². The van der Waals surface area contributed by atoms with Crippen molar-refractivity contribution in [2.75, 3.05) is 34.0 Å². The Morgan fingerprint density at radius 1 is 1.10 bits per heavy atom. The number of carbonyl (C=O) groups is 1. The highest BCUT2D eigenvalue weighted by Crippen LogP contribution is 2.41. The molecule has 1 heterocycles. The van der Waals surface area contributed by atoms with E-state index < -0.39 is 12.1 Å². The molecule has 0 aromatic heterocycles. The maximum absolute atomic E-state index is 13.2. The van der Waals surface area contributed by atoms with Gasteiger partial charge < -0.3 is 35.1 Å². The summed E-state index contributed by atoms with van der Waals surface area (Å²) in [6, 6.07) is 5.84. The lowest BCUT2D eigenvalue weighted by Gasteiger charge is -2.32. The first-order valence-electron chi connectivity index (χ1n) is 15.2. The van der Waals surface area contributed by atoms with Crippen LogP contribution < -0.4 is 20.5 Å². The zero-order chi connectivity index (χ0) is 29.3. The Bertz CT molecular complexity index is 909. The van der Waals surface area contributed by atoms with Gasteiger partial charge in [-0.25, -0.2) is 0 Å². The van der Waals surface area contributed by atoms with Crippen molar-refractivity contribution in [3.63, 3.8) is 0 Å². The predicted octanol–water partition coefficient (Wildman–Crippen LogP) is 4.49. The van der Waals surface area contributed by atoms with E-state index in [9.17, 15) is 9.90 Å². The zero-order valence-electron chi connectivity index (χ0n) is 25.6. The molecule has 1 saturated heterocycles. The molecule has 1 aromatic rings. The molecule has 0 unspecified atom stereocenters. The molecule has 2 fully saturated rings. The molecule has 1 aromatic carbocycles. The zero-order valence-corrected chi connectivity index (χ0v) is 25.6. The van der Waals surface area contributed by atoms with Crippen molar-refractivity contribution in [1.82, 2.24) is 5.32 Å². The first-order chi connectivity index (χ1) is 19.1. The molecule has 0 radical (unpaired) electrons. The molecule has 4 N–H and O–H groups in total. The van der Waals surface area contributed by atoms with Crippen LogP contribution >= 0.6 is 0 Å². The third-order valence-electron chi connectivity index (χ3n) is 8.92. The smallest absolute Gasteiger partial charge is 0.223 e. The fraction of sp³-hybridized carbons (Fsp3) is 0.781. The number of ether oxygens (including phenoxy) is 4. The average Bonchev–Trinajstić information content (AvgIpc) is 3.69. The first-order valence-corrected chi connectivity index (χ1v) is 15.2. The van der Waals surface area contributed by atoms with Gasteiger partial charge in [-0.1, -0.05) is 33.8 Å². The summed E-state index contributed by atoms with van der Waals surface area (Å²) in [6.07, 6.45) is 5.87. The van der Waals surface area contributed by atoms with Crippen LogP contribution in [-0.2, 0) is 20.7 Å². The molecule has 8 heteroatoms. The van der Waals surface area contributed by atoms with Gasteiger partial charge in [-0.2, -0.15) is 0 Å². The van der Waals surface area contributed by atoms with Crippen molar-refractivity contribution < 1.29 is 28.8 Å². The number of hydrogen-bond donors (Lipinski definition) is 3. The number of nitrogens with one attached hydrogen (secondary N) is 1. The average molecular weight is 563 g/mol. The molecule has 40 heavy (non-hydrogen) atoms. The lowest BCUT2D eigenvalue weighted by atomic mass is 9.80. The summed E-state index contributed by atoms with van der Waals surface area (Å²) in [5, 5.41) is 14.4. The second-order valence-corrected chi connectivity index (χ2v) is 12.7. The summed E-state index contributed by atoms with van der Waals surface area (Å²) < 4.78 is 22.2. The highest BCUT2D eigenvalue weighted by atomic mass is 16.6. The monoisotopic (exact) mass is 562 g/mol. The minimum atomic E-state index is -0.746. The number of methoxy groups -OCH3 is 2. The minimum Gasteiger partial charge on any atom is -0.493 e. The maximum atomic E-state index is 13.2. The minimum absolute atomic E-state index is 0.0376. The summed E-state index contributed by atoms with van der Waals surface area (Å²) in [6.45, 7) is 10.6. The van der Waals surface area contributed by atoms with Crippen LogP contribution in [0.5, 0.6) is 11.5 Å². The highest BCUT2D eigenvalue weighted by molar-refractivity contribution is 5.79. The van der Waals surface area contributed by atoms with Crippen LogP contribution in [0.2, 0.25) is 0 Å².